The minimum atomic E-state index is -0.251. The third-order valence-electron chi connectivity index (χ3n) is 2.52. The first-order valence-electron chi connectivity index (χ1n) is 5.91. The van der Waals surface area contributed by atoms with E-state index in [1.165, 1.54) is 0 Å². The molecular weight excluding hydrogens is 242 g/mol. The minimum Gasteiger partial charge on any atom is -0.363 e. The first kappa shape index (κ1) is 12.9. The number of amides is 1. The van der Waals surface area contributed by atoms with Gasteiger partial charge in [-0.05, 0) is 31.2 Å². The summed E-state index contributed by atoms with van der Waals surface area (Å²) >= 11 is 0. The largest absolute Gasteiger partial charge is 0.363 e. The molecule has 0 unspecified atom stereocenters. The van der Waals surface area contributed by atoms with Crippen molar-refractivity contribution < 1.29 is 4.79 Å². The van der Waals surface area contributed by atoms with E-state index in [0.717, 1.165) is 11.4 Å². The van der Waals surface area contributed by atoms with Gasteiger partial charge in [0.15, 0.2) is 5.69 Å². The molecule has 2 aromatic rings. The summed E-state index contributed by atoms with van der Waals surface area (Å²) in [6, 6.07) is 9.18. The molecule has 98 valence electrons. The van der Waals surface area contributed by atoms with E-state index in [0.29, 0.717) is 18.1 Å². The lowest BCUT2D eigenvalue weighted by atomic mass is 10.3. The molecule has 2 rings (SSSR count). The summed E-state index contributed by atoms with van der Waals surface area (Å²) in [5, 5.41) is 13.4. The lowest BCUT2D eigenvalue weighted by Gasteiger charge is -2.05. The van der Waals surface area contributed by atoms with Gasteiger partial charge >= 0.3 is 0 Å². The molecule has 0 aliphatic heterocycles. The molecule has 0 atom stereocenters. The van der Waals surface area contributed by atoms with Crippen LogP contribution in [0.15, 0.2) is 30.3 Å². The maximum atomic E-state index is 11.3. The van der Waals surface area contributed by atoms with Crippen molar-refractivity contribution in [1.82, 2.24) is 20.5 Å². The van der Waals surface area contributed by atoms with Gasteiger partial charge in [0.05, 0.1) is 12.2 Å². The van der Waals surface area contributed by atoms with E-state index in [1.807, 2.05) is 25.1 Å². The smallest absolute Gasteiger partial charge is 0.271 e. The Hall–Kier alpha value is -2.50. The quantitative estimate of drug-likeness (QED) is 0.859. The Bertz CT molecular complexity index is 568. The Morgan fingerprint density at radius 3 is 2.68 bits per heavy atom. The van der Waals surface area contributed by atoms with Gasteiger partial charge in [-0.2, -0.15) is 0 Å². The zero-order valence-electron chi connectivity index (χ0n) is 10.8. The number of nitrogens with one attached hydrogen (secondary N) is 2. The lowest BCUT2D eigenvalue weighted by molar-refractivity contribution is 0.0957. The van der Waals surface area contributed by atoms with E-state index in [2.05, 4.69) is 25.8 Å². The number of nitrogens with zero attached hydrogens (tertiary/aromatic N) is 3. The van der Waals surface area contributed by atoms with Crippen LogP contribution in [0.25, 0.3) is 0 Å². The zero-order chi connectivity index (χ0) is 13.7. The summed E-state index contributed by atoms with van der Waals surface area (Å²) in [5.41, 5.74) is 2.19. The topological polar surface area (TPSA) is 79.8 Å². The van der Waals surface area contributed by atoms with Crippen LogP contribution in [-0.4, -0.2) is 28.1 Å². The molecule has 0 aromatic carbocycles. The number of pyridine rings is 1. The van der Waals surface area contributed by atoms with Crippen LogP contribution in [0.4, 0.5) is 5.82 Å². The number of aromatic nitrogens is 3. The normalized spacial score (nSPS) is 10.0. The highest BCUT2D eigenvalue weighted by Crippen LogP contribution is 2.05. The van der Waals surface area contributed by atoms with E-state index in [9.17, 15) is 4.79 Å². The standard InChI is InChI=1S/C13H15N5O/c1-9-4-3-5-10(16-9)8-15-12-7-6-11(17-18-12)13(19)14-2/h3-7H,8H2,1-2H3,(H,14,19)(H,15,18). The van der Waals surface area contributed by atoms with E-state index < -0.39 is 0 Å². The van der Waals surface area contributed by atoms with Crippen LogP contribution in [0.3, 0.4) is 0 Å². The van der Waals surface area contributed by atoms with Crippen LogP contribution in [0, 0.1) is 6.92 Å². The molecule has 6 heteroatoms. The van der Waals surface area contributed by atoms with Gasteiger partial charge in [-0.15, -0.1) is 10.2 Å². The summed E-state index contributed by atoms with van der Waals surface area (Å²) in [7, 11) is 1.56. The van der Waals surface area contributed by atoms with Crippen molar-refractivity contribution in [3.8, 4) is 0 Å². The molecule has 19 heavy (non-hydrogen) atoms. The Kier molecular flexibility index (Phi) is 4.02. The van der Waals surface area contributed by atoms with Crippen molar-refractivity contribution in [3.63, 3.8) is 0 Å². The molecule has 6 nitrogen and oxygen atoms in total. The second-order valence-corrected chi connectivity index (χ2v) is 4.01. The predicted octanol–water partition coefficient (Wildman–Crippen LogP) is 1.15. The van der Waals surface area contributed by atoms with Crippen molar-refractivity contribution in [2.45, 2.75) is 13.5 Å². The maximum absolute atomic E-state index is 11.3. The van der Waals surface area contributed by atoms with E-state index in [-0.39, 0.29) is 5.91 Å². The minimum absolute atomic E-state index is 0.251. The SMILES string of the molecule is CNC(=O)c1ccc(NCc2cccc(C)n2)nn1. The van der Waals surface area contributed by atoms with Gasteiger partial charge in [0.2, 0.25) is 0 Å². The lowest BCUT2D eigenvalue weighted by Crippen LogP contribution is -2.19. The number of aryl methyl sites for hydroxylation is 1. The molecular formula is C13H15N5O. The summed E-state index contributed by atoms with van der Waals surface area (Å²) in [6.07, 6.45) is 0. The average Bonchev–Trinajstić information content (AvgIpc) is 2.45. The van der Waals surface area contributed by atoms with Gasteiger partial charge in [-0.1, -0.05) is 6.07 Å². The Balaban J connectivity index is 1.98. The van der Waals surface area contributed by atoms with Gasteiger partial charge in [0, 0.05) is 12.7 Å². The van der Waals surface area contributed by atoms with Crippen molar-refractivity contribution in [1.29, 1.82) is 0 Å². The Morgan fingerprint density at radius 2 is 2.05 bits per heavy atom. The third-order valence-corrected chi connectivity index (χ3v) is 2.52. The number of carbonyl (C=O) groups is 1. The molecule has 0 fully saturated rings. The van der Waals surface area contributed by atoms with Crippen molar-refractivity contribution in [3.05, 3.63) is 47.4 Å². The number of hydrogen-bond donors (Lipinski definition) is 2. The van der Waals surface area contributed by atoms with Gasteiger partial charge in [-0.25, -0.2) is 0 Å². The summed E-state index contributed by atoms with van der Waals surface area (Å²) in [4.78, 5) is 15.7. The second-order valence-electron chi connectivity index (χ2n) is 4.01. The monoisotopic (exact) mass is 257 g/mol. The fraction of sp³-hybridized carbons (Fsp3) is 0.231. The highest BCUT2D eigenvalue weighted by molar-refractivity contribution is 5.91. The van der Waals surface area contributed by atoms with Crippen molar-refractivity contribution in [2.75, 3.05) is 12.4 Å². The molecule has 0 aliphatic rings. The van der Waals surface area contributed by atoms with E-state index >= 15 is 0 Å². The maximum Gasteiger partial charge on any atom is 0.271 e. The molecule has 0 radical (unpaired) electrons. The van der Waals surface area contributed by atoms with Crippen LogP contribution in [0.1, 0.15) is 21.9 Å². The van der Waals surface area contributed by atoms with Gasteiger partial charge in [0.1, 0.15) is 5.82 Å². The van der Waals surface area contributed by atoms with E-state index in [1.54, 1.807) is 19.2 Å². The highest BCUT2D eigenvalue weighted by atomic mass is 16.1. The fourth-order valence-electron chi connectivity index (χ4n) is 1.55. The molecule has 0 saturated heterocycles. The highest BCUT2D eigenvalue weighted by Gasteiger charge is 2.05. The number of carbonyl (C=O) groups excluding carboxylic acids is 1. The van der Waals surface area contributed by atoms with Crippen LogP contribution < -0.4 is 10.6 Å². The van der Waals surface area contributed by atoms with Gasteiger partial charge < -0.3 is 10.6 Å². The molecule has 1 amide bonds. The summed E-state index contributed by atoms with van der Waals surface area (Å²) < 4.78 is 0. The molecule has 2 heterocycles. The summed E-state index contributed by atoms with van der Waals surface area (Å²) in [6.45, 7) is 2.51. The fourth-order valence-corrected chi connectivity index (χ4v) is 1.55. The molecule has 0 saturated carbocycles. The molecule has 0 bridgehead atoms. The average molecular weight is 257 g/mol. The van der Waals surface area contributed by atoms with Crippen LogP contribution in [-0.2, 0) is 6.54 Å². The number of hydrogen-bond acceptors (Lipinski definition) is 5. The zero-order valence-corrected chi connectivity index (χ0v) is 10.8. The van der Waals surface area contributed by atoms with Crippen LogP contribution in [0.2, 0.25) is 0 Å². The predicted molar refractivity (Wildman–Crippen MR) is 71.7 cm³/mol. The van der Waals surface area contributed by atoms with E-state index in [4.69, 9.17) is 0 Å². The first-order valence-corrected chi connectivity index (χ1v) is 5.91. The van der Waals surface area contributed by atoms with Gasteiger partial charge in [0.25, 0.3) is 5.91 Å². The van der Waals surface area contributed by atoms with Crippen molar-refractivity contribution >= 4 is 11.7 Å². The van der Waals surface area contributed by atoms with Crippen molar-refractivity contribution in [2.24, 2.45) is 0 Å². The summed E-state index contributed by atoms with van der Waals surface area (Å²) in [5.74, 6) is 0.357. The Morgan fingerprint density at radius 1 is 1.21 bits per heavy atom. The second kappa shape index (κ2) is 5.90. The third kappa shape index (κ3) is 3.48. The molecule has 2 N–H and O–H groups in total. The number of rotatable bonds is 4. The molecule has 2 aromatic heterocycles. The Labute approximate surface area is 111 Å². The van der Waals surface area contributed by atoms with Crippen LogP contribution in [0.5, 0.6) is 0 Å². The number of anilines is 1. The van der Waals surface area contributed by atoms with Gasteiger partial charge in [-0.3, -0.25) is 9.78 Å². The van der Waals surface area contributed by atoms with Crippen LogP contribution >= 0.6 is 0 Å². The molecule has 0 aliphatic carbocycles. The first-order chi connectivity index (χ1) is 9.19. The molecule has 0 spiro atoms.